The minimum absolute atomic E-state index is 0.00404. The highest BCUT2D eigenvalue weighted by Crippen LogP contribution is 2.27. The maximum absolute atomic E-state index is 12.9. The first-order valence-corrected chi connectivity index (χ1v) is 11.3. The Morgan fingerprint density at radius 2 is 1.89 bits per heavy atom. The first-order valence-electron chi connectivity index (χ1n) is 11.3. The number of hydrogen-bond acceptors (Lipinski definition) is 6. The summed E-state index contributed by atoms with van der Waals surface area (Å²) >= 11 is 0. The largest absolute Gasteiger partial charge is 0.497 e. The average Bonchev–Trinajstić information content (AvgIpc) is 2.92. The zero-order chi connectivity index (χ0) is 25.3. The van der Waals surface area contributed by atoms with E-state index in [4.69, 9.17) is 14.2 Å². The molecule has 0 saturated carbocycles. The van der Waals surface area contributed by atoms with Gasteiger partial charge < -0.3 is 19.3 Å². The van der Waals surface area contributed by atoms with Crippen LogP contribution >= 0.6 is 0 Å². The fourth-order valence-corrected chi connectivity index (χ4v) is 3.62. The van der Waals surface area contributed by atoms with Crippen molar-refractivity contribution in [1.29, 1.82) is 0 Å². The summed E-state index contributed by atoms with van der Waals surface area (Å²) in [5, 5.41) is 9.52. The molecule has 1 atom stereocenters. The van der Waals surface area contributed by atoms with Crippen molar-refractivity contribution in [2.45, 2.75) is 6.10 Å². The van der Waals surface area contributed by atoms with Crippen LogP contribution in [0.15, 0.2) is 72.9 Å². The third kappa shape index (κ3) is 6.22. The number of aromatic carboxylic acids is 1. The van der Waals surface area contributed by atoms with Crippen LogP contribution in [0.2, 0.25) is 0 Å². The number of rotatable bonds is 11. The predicted molar refractivity (Wildman–Crippen MR) is 135 cm³/mol. The number of carbonyl (C=O) groups is 1. The van der Waals surface area contributed by atoms with Crippen molar-refractivity contribution < 1.29 is 28.5 Å². The fraction of sp³-hybridized carbons (Fsp3) is 0.179. The third-order valence-corrected chi connectivity index (χ3v) is 5.40. The van der Waals surface area contributed by atoms with Crippen LogP contribution in [0.3, 0.4) is 0 Å². The molecule has 1 aromatic heterocycles. The Bertz CT molecular complexity index is 1380. The monoisotopic (exact) mass is 488 g/mol. The van der Waals surface area contributed by atoms with Gasteiger partial charge in [0, 0.05) is 0 Å². The minimum Gasteiger partial charge on any atom is -0.497 e. The number of carboxylic acids is 1. The number of methoxy groups -OCH3 is 1. The van der Waals surface area contributed by atoms with Crippen molar-refractivity contribution >= 4 is 29.2 Å². The summed E-state index contributed by atoms with van der Waals surface area (Å²) in [5.41, 5.74) is 3.96. The van der Waals surface area contributed by atoms with Gasteiger partial charge in [-0.25, -0.2) is 14.2 Å². The van der Waals surface area contributed by atoms with Gasteiger partial charge >= 0.3 is 5.97 Å². The highest BCUT2D eigenvalue weighted by atomic mass is 19.1. The van der Waals surface area contributed by atoms with Crippen molar-refractivity contribution in [2.75, 3.05) is 27.0 Å². The highest BCUT2D eigenvalue weighted by Gasteiger charge is 2.18. The lowest BCUT2D eigenvalue weighted by atomic mass is 10.1. The molecule has 4 aromatic rings. The van der Waals surface area contributed by atoms with Gasteiger partial charge in [0.05, 0.1) is 36.6 Å². The SMILES string of the molecule is COc1ccc(OCC(OCCF)c2cccc(/C=C/c3cnc4ccccc4n3)c2)c(C(=O)O)c1. The molecule has 0 bridgehead atoms. The first kappa shape index (κ1) is 24.8. The smallest absolute Gasteiger partial charge is 0.339 e. The maximum Gasteiger partial charge on any atom is 0.339 e. The zero-order valence-electron chi connectivity index (χ0n) is 19.6. The normalized spacial score (nSPS) is 12.1. The Labute approximate surface area is 207 Å². The lowest BCUT2D eigenvalue weighted by molar-refractivity contribution is 0.0122. The highest BCUT2D eigenvalue weighted by molar-refractivity contribution is 5.91. The number of halogens is 1. The van der Waals surface area contributed by atoms with Gasteiger partial charge in [-0.3, -0.25) is 4.98 Å². The van der Waals surface area contributed by atoms with Crippen molar-refractivity contribution in [3.8, 4) is 11.5 Å². The molecule has 0 aliphatic carbocycles. The summed E-state index contributed by atoms with van der Waals surface area (Å²) < 4.78 is 29.5. The van der Waals surface area contributed by atoms with Crippen LogP contribution in [0, 0.1) is 0 Å². The van der Waals surface area contributed by atoms with E-state index in [-0.39, 0.29) is 24.5 Å². The molecule has 7 nitrogen and oxygen atoms in total. The van der Waals surface area contributed by atoms with Crippen LogP contribution in [0.4, 0.5) is 4.39 Å². The molecular formula is C28H25FN2O5. The van der Waals surface area contributed by atoms with Crippen LogP contribution in [0.25, 0.3) is 23.2 Å². The molecule has 0 saturated heterocycles. The van der Waals surface area contributed by atoms with E-state index < -0.39 is 18.7 Å². The molecule has 0 aliphatic heterocycles. The number of para-hydroxylation sites is 2. The van der Waals surface area contributed by atoms with Crippen LogP contribution in [-0.4, -0.2) is 48.0 Å². The van der Waals surface area contributed by atoms with Gasteiger partial charge in [0.15, 0.2) is 0 Å². The van der Waals surface area contributed by atoms with E-state index in [2.05, 4.69) is 9.97 Å². The third-order valence-electron chi connectivity index (χ3n) is 5.40. The van der Waals surface area contributed by atoms with Crippen LogP contribution < -0.4 is 9.47 Å². The van der Waals surface area contributed by atoms with Crippen molar-refractivity contribution in [2.24, 2.45) is 0 Å². The van der Waals surface area contributed by atoms with Crippen LogP contribution in [0.5, 0.6) is 11.5 Å². The first-order chi connectivity index (χ1) is 17.6. The molecule has 0 fully saturated rings. The van der Waals surface area contributed by atoms with Crippen molar-refractivity contribution in [3.05, 3.63) is 95.3 Å². The van der Waals surface area contributed by atoms with Gasteiger partial charge in [0.1, 0.15) is 36.4 Å². The molecular weight excluding hydrogens is 463 g/mol. The van der Waals surface area contributed by atoms with Crippen LogP contribution in [-0.2, 0) is 4.74 Å². The van der Waals surface area contributed by atoms with Crippen LogP contribution in [0.1, 0.15) is 33.3 Å². The molecule has 4 rings (SSSR count). The molecule has 36 heavy (non-hydrogen) atoms. The number of alkyl halides is 1. The molecule has 1 N–H and O–H groups in total. The Kier molecular flexibility index (Phi) is 8.20. The van der Waals surface area contributed by atoms with Crippen molar-refractivity contribution in [3.63, 3.8) is 0 Å². The number of ether oxygens (including phenoxy) is 3. The summed E-state index contributed by atoms with van der Waals surface area (Å²) in [4.78, 5) is 20.7. The molecule has 1 heterocycles. The van der Waals surface area contributed by atoms with Gasteiger partial charge in [-0.2, -0.15) is 0 Å². The average molecular weight is 489 g/mol. The Balaban J connectivity index is 1.52. The van der Waals surface area contributed by atoms with Gasteiger partial charge in [-0.15, -0.1) is 0 Å². The van der Waals surface area contributed by atoms with E-state index in [1.54, 1.807) is 12.3 Å². The molecule has 0 amide bonds. The molecule has 1 unspecified atom stereocenters. The molecule has 8 heteroatoms. The van der Waals surface area contributed by atoms with Crippen molar-refractivity contribution in [1.82, 2.24) is 9.97 Å². The maximum atomic E-state index is 12.9. The zero-order valence-corrected chi connectivity index (χ0v) is 19.6. The number of benzene rings is 3. The minimum atomic E-state index is -1.14. The summed E-state index contributed by atoms with van der Waals surface area (Å²) in [7, 11) is 1.45. The summed E-state index contributed by atoms with van der Waals surface area (Å²) in [6.45, 7) is -0.773. The summed E-state index contributed by atoms with van der Waals surface area (Å²) in [6, 6.07) is 19.7. The topological polar surface area (TPSA) is 90.8 Å². The molecule has 0 aliphatic rings. The summed E-state index contributed by atoms with van der Waals surface area (Å²) in [6.07, 6.45) is 4.86. The van der Waals surface area contributed by atoms with E-state index >= 15 is 0 Å². The molecule has 184 valence electrons. The molecule has 3 aromatic carbocycles. The second-order valence-corrected chi connectivity index (χ2v) is 7.81. The standard InChI is InChI=1S/C28H25FN2O5/c1-34-22-11-12-26(23(16-22)28(32)33)36-18-27(35-14-13-29)20-6-4-5-19(15-20)9-10-21-17-30-24-7-2-3-8-25(24)31-21/h2-12,15-17,27H,13-14,18H2,1H3,(H,32,33)/b10-9+. The van der Waals surface area contributed by atoms with E-state index in [9.17, 15) is 14.3 Å². The predicted octanol–water partition coefficient (Wildman–Crippen LogP) is 5.61. The van der Waals surface area contributed by atoms with Gasteiger partial charge in [0.25, 0.3) is 0 Å². The Morgan fingerprint density at radius 1 is 1.06 bits per heavy atom. The number of hydrogen-bond donors (Lipinski definition) is 1. The van der Waals surface area contributed by atoms with Gasteiger partial charge in [0.2, 0.25) is 0 Å². The van der Waals surface area contributed by atoms with Gasteiger partial charge in [-0.1, -0.05) is 36.4 Å². The van der Waals surface area contributed by atoms with E-state index in [0.717, 1.165) is 22.2 Å². The number of nitrogens with zero attached hydrogens (tertiary/aromatic N) is 2. The molecule has 0 spiro atoms. The van der Waals surface area contributed by atoms with Gasteiger partial charge in [-0.05, 0) is 53.6 Å². The number of aromatic nitrogens is 2. The van der Waals surface area contributed by atoms with E-state index in [0.29, 0.717) is 11.4 Å². The second kappa shape index (κ2) is 11.9. The lowest BCUT2D eigenvalue weighted by Crippen LogP contribution is -2.16. The summed E-state index contributed by atoms with van der Waals surface area (Å²) in [5.74, 6) is -0.572. The fourth-order valence-electron chi connectivity index (χ4n) is 3.62. The molecule has 0 radical (unpaired) electrons. The Morgan fingerprint density at radius 3 is 2.67 bits per heavy atom. The quantitative estimate of drug-likeness (QED) is 0.293. The second-order valence-electron chi connectivity index (χ2n) is 7.81. The number of carboxylic acid groups (broad SMARTS) is 1. The number of fused-ring (bicyclic) bond motifs is 1. The lowest BCUT2D eigenvalue weighted by Gasteiger charge is -2.20. The van der Waals surface area contributed by atoms with E-state index in [1.807, 2.05) is 60.7 Å². The Hall–Kier alpha value is -4.30. The van der Waals surface area contributed by atoms with E-state index in [1.165, 1.54) is 19.2 Å².